The van der Waals surface area contributed by atoms with Crippen LogP contribution in [0.4, 0.5) is 0 Å². The molecule has 1 radical (unpaired) electrons. The Labute approximate surface area is 63.5 Å². The first-order valence-electron chi connectivity index (χ1n) is 0.698. The second-order valence-corrected chi connectivity index (χ2v) is 1.34. The molecule has 0 unspecified atom stereocenters. The van der Waals surface area contributed by atoms with E-state index in [-0.39, 0.29) is 35.0 Å². The monoisotopic (exact) mass is 198 g/mol. The minimum atomic E-state index is -4.67. The summed E-state index contributed by atoms with van der Waals surface area (Å²) in [5.41, 5.74) is 0. The maximum absolute atomic E-state index is 8.74. The summed E-state index contributed by atoms with van der Waals surface area (Å²) in [4.78, 5) is 0. The first-order chi connectivity index (χ1) is 2.00. The molecule has 0 aromatic heterocycles. The smallest absolute Gasteiger partial charge is 0.394 e. The molecule has 0 saturated carbocycles. The maximum Gasteiger partial charge on any atom is 0.394 e. The molecule has 3 N–H and O–H groups in total. The van der Waals surface area contributed by atoms with E-state index in [1.165, 1.54) is 0 Å². The van der Waals surface area contributed by atoms with Gasteiger partial charge in [0.25, 0.3) is 0 Å². The molecule has 0 spiro atoms. The predicted octanol–water partition coefficient (Wildman–Crippen LogP) is -1.07. The van der Waals surface area contributed by atoms with Crippen LogP contribution in [0, 0.1) is 0 Å². The van der Waals surface area contributed by atoms with Crippen molar-refractivity contribution in [3.63, 3.8) is 0 Å². The zero-order valence-electron chi connectivity index (χ0n) is 3.83. The van der Waals surface area contributed by atoms with E-state index in [1.54, 1.807) is 0 Å². The average molecular weight is 198 g/mol. The van der Waals surface area contributed by atoms with Gasteiger partial charge in [-0.15, -0.1) is 0 Å². The quantitative estimate of drug-likeness (QED) is 0.472. The largest absolute Gasteiger partial charge is 2.00 e. The Kier molecular flexibility index (Phi) is 42.8. The third-order valence-corrected chi connectivity index (χ3v) is 0. The van der Waals surface area contributed by atoms with Gasteiger partial charge in [-0.25, -0.2) is 0 Å². The van der Waals surface area contributed by atoms with Crippen molar-refractivity contribution in [2.45, 2.75) is 0 Å². The molecule has 0 bridgehead atoms. The summed E-state index contributed by atoms with van der Waals surface area (Å²) >= 11 is 0. The summed E-state index contributed by atoms with van der Waals surface area (Å²) in [5.74, 6) is 0. The van der Waals surface area contributed by atoms with E-state index in [2.05, 4.69) is 0 Å². The van der Waals surface area contributed by atoms with Gasteiger partial charge in [-0.3, -0.25) is 9.11 Å². The zero-order chi connectivity index (χ0) is 4.50. The third kappa shape index (κ3) is 2990. The fourth-order valence-electron chi connectivity index (χ4n) is 0. The number of hydrogen-bond donors (Lipinski definition) is 2. The van der Waals surface area contributed by atoms with Crippen molar-refractivity contribution >= 4 is 10.4 Å². The van der Waals surface area contributed by atoms with E-state index in [9.17, 15) is 0 Å². The molecule has 61 valence electrons. The number of rotatable bonds is 0. The van der Waals surface area contributed by atoms with Gasteiger partial charge < -0.3 is 16.4 Å². The first kappa shape index (κ1) is 34.5. The van der Waals surface area contributed by atoms with E-state index >= 15 is 0 Å². The van der Waals surface area contributed by atoms with Gasteiger partial charge in [0.1, 0.15) is 0 Å². The molecule has 0 aliphatic rings. The van der Waals surface area contributed by atoms with Crippen molar-refractivity contribution in [3.8, 4) is 0 Å². The Morgan fingerprint density at radius 3 is 1.00 bits per heavy atom. The van der Waals surface area contributed by atoms with Crippen LogP contribution in [0.25, 0.3) is 0 Å². The van der Waals surface area contributed by atoms with Crippen LogP contribution >= 0.6 is 0 Å². The molecule has 0 fully saturated rings. The van der Waals surface area contributed by atoms with E-state index in [1.807, 2.05) is 0 Å². The summed E-state index contributed by atoms with van der Waals surface area (Å²) in [6.07, 6.45) is 0. The van der Waals surface area contributed by atoms with Gasteiger partial charge >= 0.3 is 10.4 Å². The molecule has 7 nitrogen and oxygen atoms in total. The van der Waals surface area contributed by atoms with Gasteiger partial charge in [-0.2, -0.15) is 8.42 Å². The Hall–Kier alpha value is 0.334. The summed E-state index contributed by atoms with van der Waals surface area (Å²) in [5, 5.41) is 0. The molecule has 0 aromatic carbocycles. The van der Waals surface area contributed by atoms with Crippen LogP contribution < -0.4 is 0 Å². The molecule has 0 heterocycles. The molecular weight excluding hydrogens is 195 g/mol. The van der Waals surface area contributed by atoms with Crippen molar-refractivity contribution in [2.75, 3.05) is 0 Å². The van der Waals surface area contributed by atoms with Gasteiger partial charge in [0, 0.05) is 18.6 Å². The van der Waals surface area contributed by atoms with Gasteiger partial charge in [-0.05, 0) is 0 Å². The van der Waals surface area contributed by atoms with E-state index in [0.717, 1.165) is 0 Å². The second kappa shape index (κ2) is 11.2. The van der Waals surface area contributed by atoms with Gasteiger partial charge in [0.05, 0.1) is 0 Å². The summed E-state index contributed by atoms with van der Waals surface area (Å²) in [6, 6.07) is 0. The molecule has 0 amide bonds. The molecule has 9 heavy (non-hydrogen) atoms. The Morgan fingerprint density at radius 1 is 1.00 bits per heavy atom. The molecule has 0 aliphatic heterocycles. The third-order valence-electron chi connectivity index (χ3n) is 0. The van der Waals surface area contributed by atoms with Gasteiger partial charge in [0.15, 0.2) is 0 Å². The Balaban J connectivity index is -0.0000000133. The minimum Gasteiger partial charge on any atom is -2.00 e. The molecule has 0 atom stereocenters. The standard InChI is InChI=1S/H2O4S.H2O.2O.V/c1-5(2,3)4;;;;/h(H2,1,2,3,4);1H2;;;/q;;2*-2;/p-1. The van der Waals surface area contributed by atoms with Crippen molar-refractivity contribution in [1.82, 2.24) is 0 Å². The van der Waals surface area contributed by atoms with Crippen LogP contribution in [0.2, 0.25) is 0 Å². The Morgan fingerprint density at radius 2 is 1.00 bits per heavy atom. The van der Waals surface area contributed by atoms with Crippen molar-refractivity contribution < 1.29 is 52.5 Å². The molecule has 0 aromatic rings. The fraction of sp³-hybridized carbons (Fsp3) is 0. The zero-order valence-corrected chi connectivity index (χ0v) is 6.04. The van der Waals surface area contributed by atoms with Crippen molar-refractivity contribution in [2.24, 2.45) is 0 Å². The predicted molar refractivity (Wildman–Crippen MR) is 17.5 cm³/mol. The normalized spacial score (nSPS) is 6.44. The second-order valence-electron chi connectivity index (χ2n) is 0.448. The number of hydrogen-bond acceptors (Lipinski definition) is 3. The fourth-order valence-corrected chi connectivity index (χ4v) is 0. The summed E-state index contributed by atoms with van der Waals surface area (Å²) in [6.45, 7) is 0. The molecule has 0 rings (SSSR count). The topological polar surface area (TPSA) is 162 Å². The van der Waals surface area contributed by atoms with Gasteiger partial charge in [0.2, 0.25) is 0 Å². The van der Waals surface area contributed by atoms with Crippen LogP contribution in [-0.4, -0.2) is 23.0 Å². The van der Waals surface area contributed by atoms with Gasteiger partial charge in [-0.1, -0.05) is 0 Å². The van der Waals surface area contributed by atoms with Crippen LogP contribution in [-0.2, 0) is 39.9 Å². The van der Waals surface area contributed by atoms with Crippen molar-refractivity contribution in [1.29, 1.82) is 0 Å². The van der Waals surface area contributed by atoms with Crippen LogP contribution in [0.3, 0.4) is 0 Å². The van der Waals surface area contributed by atoms with E-state index in [0.29, 0.717) is 0 Å². The van der Waals surface area contributed by atoms with E-state index in [4.69, 9.17) is 17.5 Å². The molecule has 9 heteroatoms. The first-order valence-corrected chi connectivity index (χ1v) is 2.10. The maximum atomic E-state index is 8.74. The summed E-state index contributed by atoms with van der Waals surface area (Å²) in [7, 11) is -4.67. The van der Waals surface area contributed by atoms with E-state index < -0.39 is 10.4 Å². The minimum absolute atomic E-state index is 0. The Bertz CT molecular complexity index is 92.1. The van der Waals surface area contributed by atoms with Crippen molar-refractivity contribution in [3.05, 3.63) is 0 Å². The van der Waals surface area contributed by atoms with Crippen LogP contribution in [0.5, 0.6) is 0 Å². The summed E-state index contributed by atoms with van der Waals surface area (Å²) < 4.78 is 31.6. The van der Waals surface area contributed by atoms with Crippen LogP contribution in [0.1, 0.15) is 0 Å². The SMILES string of the molecule is O=S(=O)(O)O.[O-2].[O-2].[OH-].[V]. The molecular formula is H3O7SV-5. The molecule has 0 aliphatic carbocycles. The van der Waals surface area contributed by atoms with Crippen LogP contribution in [0.15, 0.2) is 0 Å². The molecule has 0 saturated heterocycles. The average Bonchev–Trinajstić information content (AvgIpc) is 0.722.